The first-order valence-electron chi connectivity index (χ1n) is 19.2. The highest BCUT2D eigenvalue weighted by molar-refractivity contribution is 7.99. The van der Waals surface area contributed by atoms with Gasteiger partial charge in [-0.1, -0.05) is 24.3 Å². The highest BCUT2D eigenvalue weighted by Gasteiger charge is 2.64. The maximum Gasteiger partial charge on any atom is 0.335 e. The predicted octanol–water partition coefficient (Wildman–Crippen LogP) is 4.35. The second-order valence-electron chi connectivity index (χ2n) is 16.1. The number of nitrogens with two attached hydrogens (primary N) is 1. The molecule has 8 aliphatic heterocycles. The summed E-state index contributed by atoms with van der Waals surface area (Å²) in [5.41, 5.74) is 9.50. The lowest BCUT2D eigenvalue weighted by molar-refractivity contribution is -0.159. The molecule has 0 radical (unpaired) electrons. The summed E-state index contributed by atoms with van der Waals surface area (Å²) in [5, 5.41) is 27.6. The van der Waals surface area contributed by atoms with Crippen molar-refractivity contribution >= 4 is 34.7 Å². The van der Waals surface area contributed by atoms with Crippen molar-refractivity contribution in [3.8, 4) is 34.8 Å². The molecule has 2 fully saturated rings. The monoisotopic (exact) mass is 793 g/mol. The van der Waals surface area contributed by atoms with Crippen molar-refractivity contribution in [2.75, 3.05) is 46.4 Å². The van der Waals surface area contributed by atoms with Gasteiger partial charge in [0.15, 0.2) is 28.5 Å². The second kappa shape index (κ2) is 12.8. The van der Waals surface area contributed by atoms with Crippen molar-refractivity contribution in [2.45, 2.75) is 74.1 Å². The molecule has 4 N–H and O–H groups in total. The number of thioether (sulfide) groups is 1. The number of piperazine rings is 1. The minimum absolute atomic E-state index is 0.0229. The molecule has 8 atom stereocenters. The quantitative estimate of drug-likeness (QED) is 0.197. The fourth-order valence-corrected chi connectivity index (χ4v) is 12.5. The highest BCUT2D eigenvalue weighted by atomic mass is 32.2. The average molecular weight is 794 g/mol. The zero-order chi connectivity index (χ0) is 39.7. The van der Waals surface area contributed by atoms with Gasteiger partial charge in [-0.3, -0.25) is 19.9 Å². The van der Waals surface area contributed by atoms with E-state index in [-0.39, 0.29) is 43.9 Å². The summed E-state index contributed by atoms with van der Waals surface area (Å²) < 4.78 is 37.5. The number of nitrogens with zero attached hydrogens (tertiary/aromatic N) is 3. The van der Waals surface area contributed by atoms with Gasteiger partial charge in [-0.15, -0.1) is 11.8 Å². The molecule has 14 nitrogen and oxygen atoms in total. The smallest absolute Gasteiger partial charge is 0.335 e. The molecule has 12 rings (SSSR count). The number of aromatic hydroxyl groups is 1. The summed E-state index contributed by atoms with van der Waals surface area (Å²) in [7, 11) is 3.51. The van der Waals surface area contributed by atoms with Crippen molar-refractivity contribution in [3.63, 3.8) is 0 Å². The van der Waals surface area contributed by atoms with E-state index in [1.807, 2.05) is 51.2 Å². The fraction of sp³-hybridized carbons (Fsp3) is 0.452. The van der Waals surface area contributed by atoms with Gasteiger partial charge in [0.05, 0.1) is 30.5 Å². The Balaban J connectivity index is 1.27. The summed E-state index contributed by atoms with van der Waals surface area (Å²) in [4.78, 5) is 32.4. The number of rotatable bonds is 3. The molecule has 4 aromatic rings. The minimum Gasteiger partial charge on any atom is -0.504 e. The van der Waals surface area contributed by atoms with Crippen molar-refractivity contribution < 1.29 is 42.8 Å². The summed E-state index contributed by atoms with van der Waals surface area (Å²) in [6.07, 6.45) is 0.835. The van der Waals surface area contributed by atoms with Crippen LogP contribution in [0.5, 0.6) is 28.7 Å². The number of hydrogen-bond donors (Lipinski definition) is 3. The van der Waals surface area contributed by atoms with Gasteiger partial charge in [-0.2, -0.15) is 5.26 Å². The Kier molecular flexibility index (Phi) is 8.14. The Labute approximate surface area is 333 Å². The van der Waals surface area contributed by atoms with Crippen LogP contribution < -0.4 is 30.0 Å². The molecule has 1 spiro atoms. The Hall–Kier alpha value is -4.98. The first kappa shape index (κ1) is 36.4. The number of nitriles is 1. The summed E-state index contributed by atoms with van der Waals surface area (Å²) in [5.74, 6) is 1.20. The Morgan fingerprint density at radius 3 is 2.70 bits per heavy atom. The van der Waals surface area contributed by atoms with E-state index >= 15 is 4.79 Å². The van der Waals surface area contributed by atoms with E-state index < -0.39 is 46.4 Å². The number of benzene rings is 3. The van der Waals surface area contributed by atoms with E-state index in [1.54, 1.807) is 0 Å². The summed E-state index contributed by atoms with van der Waals surface area (Å²) >= 11 is 1.49. The Bertz CT molecular complexity index is 2460. The number of phenolic OH excluding ortho intramolecular Hbond substituents is 1. The number of carbonyl (C=O) groups excluding carboxylic acids is 2. The van der Waals surface area contributed by atoms with Crippen molar-refractivity contribution in [3.05, 3.63) is 75.0 Å². The normalized spacial score (nSPS) is 30.8. The lowest BCUT2D eigenvalue weighted by Crippen LogP contribution is -2.69. The maximum atomic E-state index is 15.1. The lowest BCUT2D eigenvalue weighted by atomic mass is 9.76. The van der Waals surface area contributed by atoms with Crippen LogP contribution in [0.15, 0.2) is 34.7 Å². The first-order chi connectivity index (χ1) is 27.5. The van der Waals surface area contributed by atoms with Crippen LogP contribution in [0.4, 0.5) is 0 Å². The topological polar surface area (TPSA) is 182 Å². The molecule has 9 heterocycles. The van der Waals surface area contributed by atoms with Gasteiger partial charge >= 0.3 is 11.9 Å². The number of hydrogen-bond acceptors (Lipinski definition) is 15. The van der Waals surface area contributed by atoms with Crippen LogP contribution in [0.25, 0.3) is 11.0 Å². The number of nitrogens with one attached hydrogen (secondary N) is 1. The Morgan fingerprint density at radius 2 is 1.95 bits per heavy atom. The number of ether oxygens (including phenoxy) is 5. The number of fused-ring (bicyclic) bond motifs is 8. The third-order valence-corrected chi connectivity index (χ3v) is 14.4. The van der Waals surface area contributed by atoms with Gasteiger partial charge in [0.1, 0.15) is 29.2 Å². The second-order valence-corrected chi connectivity index (χ2v) is 17.2. The standard InChI is InChI=1S/C42H43N5O9S/c1-19-10-22-12-41(15-44)16-46(4)31(28(22)33(49)34(19)51-5)32-38-30-29(37-36(53-18-54-37)20(2)35(30)55-21(3)48)26(47(32)41)14-52-40(50)42(17-57-38)39-25(11-23(13-43)45-42)24-8-6-7-9-27(24)56-39/h6-10,23,26,31-32,38,45,49H,11-14,16-18,43H2,1-5H3/t23?,26-,31-,32+,38+,41?,42+/m0/s1. The molecule has 1 aromatic heterocycles. The van der Waals surface area contributed by atoms with Gasteiger partial charge in [0, 0.05) is 77.5 Å². The number of phenols is 1. The molecule has 3 aromatic carbocycles. The molecule has 0 saturated carbocycles. The highest BCUT2D eigenvalue weighted by Crippen LogP contribution is 2.65. The number of esters is 2. The van der Waals surface area contributed by atoms with Crippen LogP contribution in [-0.2, 0) is 32.7 Å². The summed E-state index contributed by atoms with van der Waals surface area (Å²) in [6.45, 7) is 5.43. The van der Waals surface area contributed by atoms with Gasteiger partial charge < -0.3 is 38.9 Å². The van der Waals surface area contributed by atoms with Crippen LogP contribution in [0.3, 0.4) is 0 Å². The molecular formula is C42H43N5O9S. The molecule has 15 heteroatoms. The third kappa shape index (κ3) is 4.85. The maximum absolute atomic E-state index is 15.1. The number of methoxy groups -OCH3 is 1. The Morgan fingerprint density at radius 1 is 1.16 bits per heavy atom. The van der Waals surface area contributed by atoms with Crippen molar-refractivity contribution in [2.24, 2.45) is 5.73 Å². The van der Waals surface area contributed by atoms with Crippen LogP contribution >= 0.6 is 11.8 Å². The molecule has 4 bridgehead atoms. The number of likely N-dealkylation sites (N-methyl/N-ethyl adjacent to an activating group) is 1. The van der Waals surface area contributed by atoms with Crippen LogP contribution in [-0.4, -0.2) is 90.9 Å². The molecule has 0 amide bonds. The van der Waals surface area contributed by atoms with Crippen molar-refractivity contribution in [1.29, 1.82) is 5.26 Å². The molecule has 57 heavy (non-hydrogen) atoms. The number of carbonyl (C=O) groups is 2. The lowest BCUT2D eigenvalue weighted by Gasteiger charge is -2.60. The molecular weight excluding hydrogens is 751 g/mol. The zero-order valence-corrected chi connectivity index (χ0v) is 33.1. The van der Waals surface area contributed by atoms with Crippen LogP contribution in [0, 0.1) is 25.2 Å². The van der Waals surface area contributed by atoms with Crippen LogP contribution in [0.1, 0.15) is 69.0 Å². The molecule has 3 unspecified atom stereocenters. The molecule has 0 aliphatic carbocycles. The van der Waals surface area contributed by atoms with Crippen molar-refractivity contribution in [1.82, 2.24) is 15.1 Å². The zero-order valence-electron chi connectivity index (χ0n) is 32.3. The van der Waals surface area contributed by atoms with Gasteiger partial charge in [-0.25, -0.2) is 4.79 Å². The number of furan rings is 1. The largest absolute Gasteiger partial charge is 0.504 e. The molecule has 8 aliphatic rings. The fourth-order valence-electron chi connectivity index (χ4n) is 10.9. The van der Waals surface area contributed by atoms with E-state index in [0.29, 0.717) is 69.6 Å². The van der Waals surface area contributed by atoms with E-state index in [2.05, 4.69) is 21.2 Å². The number of para-hydroxylation sites is 1. The molecule has 296 valence electrons. The predicted molar refractivity (Wildman–Crippen MR) is 208 cm³/mol. The number of aryl methyl sites for hydroxylation is 1. The first-order valence-corrected chi connectivity index (χ1v) is 20.2. The van der Waals surface area contributed by atoms with Gasteiger partial charge in [-0.05, 0) is 44.5 Å². The van der Waals surface area contributed by atoms with E-state index in [0.717, 1.165) is 22.1 Å². The average Bonchev–Trinajstić information content (AvgIpc) is 3.78. The van der Waals surface area contributed by atoms with E-state index in [9.17, 15) is 15.2 Å². The van der Waals surface area contributed by atoms with Crippen LogP contribution in [0.2, 0.25) is 0 Å². The van der Waals surface area contributed by atoms with Gasteiger partial charge in [0.25, 0.3) is 0 Å². The van der Waals surface area contributed by atoms with E-state index in [1.165, 1.54) is 25.8 Å². The van der Waals surface area contributed by atoms with Gasteiger partial charge in [0.2, 0.25) is 6.79 Å². The molecule has 2 saturated heterocycles. The van der Waals surface area contributed by atoms with E-state index in [4.69, 9.17) is 33.8 Å². The summed E-state index contributed by atoms with van der Waals surface area (Å²) in [6, 6.07) is 10.4. The minimum atomic E-state index is -1.46. The SMILES string of the molecule is COc1c(C)cc2c(c1O)[C@H]1[C@@H]3[C@@H]4SC[C@]5(NC(CN)Cc6c5oc5ccccc65)C(=O)OC[C@@H](c5c6c(c(C)c(OC(C)=O)c54)OCO6)N3C(C#N)(C2)CN1C. The third-order valence-electron chi connectivity index (χ3n) is 12.9.